The highest BCUT2D eigenvalue weighted by molar-refractivity contribution is 7.92. The van der Waals surface area contributed by atoms with Crippen molar-refractivity contribution >= 4 is 27.5 Å². The molecular weight excluding hydrogens is 538 g/mol. The maximum absolute atomic E-state index is 14.1. The van der Waals surface area contributed by atoms with E-state index in [1.807, 2.05) is 58.0 Å². The predicted octanol–water partition coefficient (Wildman–Crippen LogP) is 4.96. The number of nitrogens with zero attached hydrogens (tertiary/aromatic N) is 2. The topological polar surface area (TPSA) is 96.0 Å². The van der Waals surface area contributed by atoms with Gasteiger partial charge in [0.1, 0.15) is 18.3 Å². The summed E-state index contributed by atoms with van der Waals surface area (Å²) >= 11 is 0. The number of sulfonamides is 1. The number of rotatable bonds is 14. The van der Waals surface area contributed by atoms with Crippen molar-refractivity contribution in [3.63, 3.8) is 0 Å². The molecule has 0 heterocycles. The van der Waals surface area contributed by atoms with E-state index in [1.54, 1.807) is 36.4 Å². The number of amides is 2. The van der Waals surface area contributed by atoms with E-state index in [1.165, 1.54) is 24.1 Å². The van der Waals surface area contributed by atoms with Crippen molar-refractivity contribution in [1.29, 1.82) is 0 Å². The first kappa shape index (κ1) is 31.7. The minimum atomic E-state index is -4.17. The van der Waals surface area contributed by atoms with Gasteiger partial charge in [0.25, 0.3) is 10.0 Å². The molecule has 1 N–H and O–H groups in total. The molecular formula is C32H41N3O5S. The van der Waals surface area contributed by atoms with Gasteiger partial charge in [-0.15, -0.1) is 0 Å². The number of hydrogen-bond donors (Lipinski definition) is 1. The molecule has 2 amide bonds. The summed E-state index contributed by atoms with van der Waals surface area (Å²) in [6.07, 6.45) is 1.64. The van der Waals surface area contributed by atoms with Gasteiger partial charge < -0.3 is 15.0 Å². The quantitative estimate of drug-likeness (QED) is 0.291. The van der Waals surface area contributed by atoms with Gasteiger partial charge in [0.05, 0.1) is 17.7 Å². The van der Waals surface area contributed by atoms with Gasteiger partial charge in [0.2, 0.25) is 11.8 Å². The highest BCUT2D eigenvalue weighted by atomic mass is 32.2. The lowest BCUT2D eigenvalue weighted by atomic mass is 10.1. The monoisotopic (exact) mass is 579 g/mol. The fourth-order valence-electron chi connectivity index (χ4n) is 4.52. The lowest BCUT2D eigenvalue weighted by Crippen LogP contribution is -2.54. The highest BCUT2D eigenvalue weighted by Gasteiger charge is 2.34. The zero-order chi connectivity index (χ0) is 30.0. The van der Waals surface area contributed by atoms with Gasteiger partial charge in [-0.05, 0) is 62.9 Å². The number of aryl methyl sites for hydroxylation is 1. The molecule has 0 bridgehead atoms. The van der Waals surface area contributed by atoms with E-state index in [0.29, 0.717) is 18.6 Å². The van der Waals surface area contributed by atoms with Gasteiger partial charge in [-0.1, -0.05) is 74.0 Å². The standard InChI is InChI=1S/C32H41N3O5S/c1-6-25(4)33-32(37)28(7-2)34(22-21-26-13-9-8-10-14-26)31(36)23-35(29-15-11-12-16-30(29)40-5)41(38,39)27-19-17-24(3)18-20-27/h8-20,25,28H,6-7,21-23H2,1-5H3,(H,33,37)/t25-,28+/m1/s1. The number of carbonyl (C=O) groups is 2. The molecule has 0 aromatic heterocycles. The van der Waals surface area contributed by atoms with Crippen LogP contribution >= 0.6 is 0 Å². The fraction of sp³-hybridized carbons (Fsp3) is 0.375. The summed E-state index contributed by atoms with van der Waals surface area (Å²) in [6.45, 7) is 7.37. The Morgan fingerprint density at radius 2 is 1.54 bits per heavy atom. The number of methoxy groups -OCH3 is 1. The average Bonchev–Trinajstić information content (AvgIpc) is 2.98. The fourth-order valence-corrected chi connectivity index (χ4v) is 5.95. The Morgan fingerprint density at radius 3 is 2.15 bits per heavy atom. The zero-order valence-corrected chi connectivity index (χ0v) is 25.4. The van der Waals surface area contributed by atoms with Crippen molar-refractivity contribution in [2.45, 2.75) is 63.9 Å². The minimum Gasteiger partial charge on any atom is -0.495 e. The highest BCUT2D eigenvalue weighted by Crippen LogP contribution is 2.32. The van der Waals surface area contributed by atoms with Gasteiger partial charge in [-0.2, -0.15) is 0 Å². The van der Waals surface area contributed by atoms with Crippen LogP contribution in [0.25, 0.3) is 0 Å². The number of carbonyl (C=O) groups excluding carboxylic acids is 2. The molecule has 0 aliphatic heterocycles. The summed E-state index contributed by atoms with van der Waals surface area (Å²) in [6, 6.07) is 22.0. The van der Waals surface area contributed by atoms with Gasteiger partial charge in [0, 0.05) is 12.6 Å². The Morgan fingerprint density at radius 1 is 0.902 bits per heavy atom. The maximum atomic E-state index is 14.1. The van der Waals surface area contributed by atoms with E-state index in [4.69, 9.17) is 4.74 Å². The van der Waals surface area contributed by atoms with Crippen LogP contribution in [0.2, 0.25) is 0 Å². The van der Waals surface area contributed by atoms with Crippen LogP contribution in [0.5, 0.6) is 5.75 Å². The normalized spacial score (nSPS) is 12.7. The number of benzene rings is 3. The van der Waals surface area contributed by atoms with Gasteiger partial charge in [0.15, 0.2) is 0 Å². The van der Waals surface area contributed by atoms with Gasteiger partial charge in [-0.3, -0.25) is 13.9 Å². The second-order valence-corrected chi connectivity index (χ2v) is 11.9. The molecule has 0 aliphatic carbocycles. The third kappa shape index (κ3) is 8.10. The second-order valence-electron chi connectivity index (χ2n) is 10.1. The second kappa shape index (κ2) is 14.7. The molecule has 3 aromatic carbocycles. The summed E-state index contributed by atoms with van der Waals surface area (Å²) < 4.78 is 34.6. The van der Waals surface area contributed by atoms with E-state index in [0.717, 1.165) is 21.9 Å². The molecule has 0 unspecified atom stereocenters. The number of ether oxygens (including phenoxy) is 1. The van der Waals surface area contributed by atoms with E-state index in [2.05, 4.69) is 5.32 Å². The van der Waals surface area contributed by atoms with Crippen molar-refractivity contribution in [3.8, 4) is 5.75 Å². The maximum Gasteiger partial charge on any atom is 0.264 e. The number of para-hydroxylation sites is 2. The minimum absolute atomic E-state index is 0.0548. The molecule has 0 saturated heterocycles. The summed E-state index contributed by atoms with van der Waals surface area (Å²) in [5.74, 6) is -0.421. The van der Waals surface area contributed by atoms with Crippen molar-refractivity contribution in [3.05, 3.63) is 90.0 Å². The third-order valence-corrected chi connectivity index (χ3v) is 8.89. The summed E-state index contributed by atoms with van der Waals surface area (Å²) in [5, 5.41) is 2.99. The number of nitrogens with one attached hydrogen (secondary N) is 1. The molecule has 220 valence electrons. The molecule has 8 nitrogen and oxygen atoms in total. The SMILES string of the molecule is CC[C@@H](C)NC(=O)[C@H](CC)N(CCc1ccccc1)C(=O)CN(c1ccccc1OC)S(=O)(=O)c1ccc(C)cc1. The third-order valence-electron chi connectivity index (χ3n) is 7.11. The van der Waals surface area contributed by atoms with Crippen LogP contribution in [0, 0.1) is 6.92 Å². The molecule has 0 spiro atoms. The van der Waals surface area contributed by atoms with Crippen LogP contribution in [0.15, 0.2) is 83.8 Å². The van der Waals surface area contributed by atoms with Crippen LogP contribution in [0.1, 0.15) is 44.7 Å². The summed E-state index contributed by atoms with van der Waals surface area (Å²) in [7, 11) is -2.72. The molecule has 0 aliphatic rings. The van der Waals surface area contributed by atoms with Crippen LogP contribution in [-0.4, -0.2) is 57.4 Å². The number of hydrogen-bond acceptors (Lipinski definition) is 5. The lowest BCUT2D eigenvalue weighted by molar-refractivity contribution is -0.139. The van der Waals surface area contributed by atoms with Crippen molar-refractivity contribution < 1.29 is 22.7 Å². The lowest BCUT2D eigenvalue weighted by Gasteiger charge is -2.34. The van der Waals surface area contributed by atoms with E-state index in [-0.39, 0.29) is 29.1 Å². The number of anilines is 1. The zero-order valence-electron chi connectivity index (χ0n) is 24.5. The first-order chi connectivity index (χ1) is 19.6. The molecule has 2 atom stereocenters. The van der Waals surface area contributed by atoms with E-state index >= 15 is 0 Å². The van der Waals surface area contributed by atoms with E-state index in [9.17, 15) is 18.0 Å². The van der Waals surface area contributed by atoms with Crippen molar-refractivity contribution in [1.82, 2.24) is 10.2 Å². The molecule has 0 saturated carbocycles. The summed E-state index contributed by atoms with van der Waals surface area (Å²) in [4.78, 5) is 29.1. The molecule has 3 aromatic rings. The Bertz CT molecular complexity index is 1390. The van der Waals surface area contributed by atoms with Crippen molar-refractivity contribution in [2.24, 2.45) is 0 Å². The largest absolute Gasteiger partial charge is 0.495 e. The summed E-state index contributed by atoms with van der Waals surface area (Å²) in [5.41, 5.74) is 2.16. The Hall–Kier alpha value is -3.85. The van der Waals surface area contributed by atoms with Crippen LogP contribution < -0.4 is 14.4 Å². The molecule has 3 rings (SSSR count). The first-order valence-electron chi connectivity index (χ1n) is 14.0. The smallest absolute Gasteiger partial charge is 0.264 e. The molecule has 9 heteroatoms. The van der Waals surface area contributed by atoms with Crippen LogP contribution in [0.3, 0.4) is 0 Å². The average molecular weight is 580 g/mol. The Labute approximate surface area is 244 Å². The van der Waals surface area contributed by atoms with Gasteiger partial charge in [-0.25, -0.2) is 8.42 Å². The van der Waals surface area contributed by atoms with Crippen LogP contribution in [0.4, 0.5) is 5.69 Å². The molecule has 0 radical (unpaired) electrons. The predicted molar refractivity (Wildman–Crippen MR) is 163 cm³/mol. The Kier molecular flexibility index (Phi) is 11.3. The van der Waals surface area contributed by atoms with Crippen molar-refractivity contribution in [2.75, 3.05) is 24.5 Å². The molecule has 0 fully saturated rings. The van der Waals surface area contributed by atoms with Crippen LogP contribution in [-0.2, 0) is 26.0 Å². The first-order valence-corrected chi connectivity index (χ1v) is 15.4. The molecule has 41 heavy (non-hydrogen) atoms. The Balaban J connectivity index is 2.04. The van der Waals surface area contributed by atoms with E-state index < -0.39 is 28.5 Å². The van der Waals surface area contributed by atoms with Gasteiger partial charge >= 0.3 is 0 Å².